The van der Waals surface area contributed by atoms with E-state index in [1.54, 1.807) is 24.4 Å². The van der Waals surface area contributed by atoms with Crippen molar-refractivity contribution in [2.24, 2.45) is 16.3 Å². The highest BCUT2D eigenvalue weighted by Gasteiger charge is 2.62. The topological polar surface area (TPSA) is 126 Å². The zero-order valence-electron chi connectivity index (χ0n) is 23.4. The molecule has 2 aromatic rings. The average molecular weight is 610 g/mol. The summed E-state index contributed by atoms with van der Waals surface area (Å²) < 4.78 is 74.6. The maximum Gasteiger partial charge on any atom is 0.394 e. The first-order chi connectivity index (χ1) is 19.7. The van der Waals surface area contributed by atoms with Gasteiger partial charge in [0.2, 0.25) is 5.88 Å². The second-order valence-corrected chi connectivity index (χ2v) is 13.4. The number of alkyl halides is 3. The summed E-state index contributed by atoms with van der Waals surface area (Å²) in [6.07, 6.45) is -1.57. The molecule has 1 aromatic carbocycles. The van der Waals surface area contributed by atoms with Gasteiger partial charge in [0.15, 0.2) is 0 Å². The standard InChI is InChI=1S/C28H34F3N5O5S/c1-26(2)16-19(18-37)17-35(26)24-21(25(38)34-42(39,40)20-6-4-3-5-7-20)8-9-22(32-24)36-14-10-23(33-36)41-15-13-27(11-12-27)28(29,30)31/h3-7,10,14,19,37H,8-9,11-13,15-18H2,1-2H3,(H,34,38). The molecule has 10 nitrogen and oxygen atoms in total. The van der Waals surface area contributed by atoms with Crippen molar-refractivity contribution in [3.05, 3.63) is 54.0 Å². The van der Waals surface area contributed by atoms with E-state index in [1.807, 2.05) is 18.7 Å². The van der Waals surface area contributed by atoms with Crippen LogP contribution in [-0.2, 0) is 14.8 Å². The van der Waals surface area contributed by atoms with Gasteiger partial charge in [-0.1, -0.05) is 18.2 Å². The Morgan fingerprint density at radius 3 is 2.50 bits per heavy atom. The van der Waals surface area contributed by atoms with E-state index in [0.29, 0.717) is 18.8 Å². The maximum absolute atomic E-state index is 13.4. The quantitative estimate of drug-likeness (QED) is 0.443. The van der Waals surface area contributed by atoms with Crippen LogP contribution in [0, 0.1) is 11.3 Å². The number of amides is 1. The molecule has 0 radical (unpaired) electrons. The fraction of sp³-hybridized carbons (Fsp3) is 0.536. The van der Waals surface area contributed by atoms with E-state index in [1.165, 1.54) is 22.9 Å². The molecule has 0 spiro atoms. The molecule has 3 aliphatic rings. The Kier molecular flexibility index (Phi) is 7.90. The highest BCUT2D eigenvalue weighted by molar-refractivity contribution is 7.90. The van der Waals surface area contributed by atoms with Crippen molar-refractivity contribution in [2.75, 3.05) is 19.8 Å². The van der Waals surface area contributed by atoms with Gasteiger partial charge in [-0.3, -0.25) is 4.79 Å². The maximum atomic E-state index is 13.4. The molecule has 0 bridgehead atoms. The Balaban J connectivity index is 1.40. The number of nitrogens with one attached hydrogen (secondary N) is 1. The van der Waals surface area contributed by atoms with Crippen molar-refractivity contribution in [1.82, 2.24) is 19.4 Å². The summed E-state index contributed by atoms with van der Waals surface area (Å²) in [6, 6.07) is 9.11. The molecule has 3 heterocycles. The van der Waals surface area contributed by atoms with Gasteiger partial charge in [-0.2, -0.15) is 13.2 Å². The van der Waals surface area contributed by atoms with Crippen LogP contribution in [0.2, 0.25) is 0 Å². The van der Waals surface area contributed by atoms with Crippen molar-refractivity contribution in [3.8, 4) is 5.88 Å². The molecule has 1 amide bonds. The first-order valence-electron chi connectivity index (χ1n) is 13.8. The third-order valence-electron chi connectivity index (χ3n) is 8.25. The third-order valence-corrected chi connectivity index (χ3v) is 9.59. The Labute approximate surface area is 242 Å². The highest BCUT2D eigenvalue weighted by Crippen LogP contribution is 2.59. The van der Waals surface area contributed by atoms with Gasteiger partial charge >= 0.3 is 6.18 Å². The molecular weight excluding hydrogens is 575 g/mol. The molecule has 14 heteroatoms. The Morgan fingerprint density at radius 1 is 1.17 bits per heavy atom. The van der Waals surface area contributed by atoms with Crippen LogP contribution in [0.4, 0.5) is 13.2 Å². The average Bonchev–Trinajstić information content (AvgIpc) is 3.48. The number of hydrogen-bond donors (Lipinski definition) is 2. The van der Waals surface area contributed by atoms with Gasteiger partial charge in [-0.15, -0.1) is 5.10 Å². The lowest BCUT2D eigenvalue weighted by molar-refractivity contribution is -0.190. The number of benzene rings is 1. The lowest BCUT2D eigenvalue weighted by Crippen LogP contribution is -2.41. The SMILES string of the molecule is CC1(C)CC(CO)CN1C1=C(C(=O)NS(=O)(=O)c2ccccc2)CCC(n2ccc(OCCC3(C(F)(F)F)CC3)n2)=N1. The summed E-state index contributed by atoms with van der Waals surface area (Å²) in [5.74, 6) is 0.0431. The minimum Gasteiger partial charge on any atom is -0.477 e. The van der Waals surface area contributed by atoms with Crippen LogP contribution in [0.25, 0.3) is 0 Å². The van der Waals surface area contributed by atoms with Crippen molar-refractivity contribution in [1.29, 1.82) is 0 Å². The third kappa shape index (κ3) is 6.05. The number of carbonyl (C=O) groups excluding carboxylic acids is 1. The van der Waals surface area contributed by atoms with Crippen molar-refractivity contribution in [3.63, 3.8) is 0 Å². The van der Waals surface area contributed by atoms with Crippen molar-refractivity contribution < 1.29 is 36.2 Å². The minimum atomic E-state index is -4.25. The van der Waals surface area contributed by atoms with Crippen LogP contribution in [0.1, 0.15) is 52.4 Å². The molecule has 228 valence electrons. The predicted molar refractivity (Wildman–Crippen MR) is 147 cm³/mol. The van der Waals surface area contributed by atoms with Gasteiger partial charge in [-0.25, -0.2) is 22.8 Å². The molecule has 2 fully saturated rings. The van der Waals surface area contributed by atoms with E-state index in [0.717, 1.165) is 0 Å². The van der Waals surface area contributed by atoms with E-state index in [9.17, 15) is 31.5 Å². The molecule has 1 atom stereocenters. The molecular formula is C28H34F3N5O5S. The Hall–Kier alpha value is -3.39. The number of nitrogens with zero attached hydrogens (tertiary/aromatic N) is 4. The first-order valence-corrected chi connectivity index (χ1v) is 15.3. The smallest absolute Gasteiger partial charge is 0.394 e. The highest BCUT2D eigenvalue weighted by atomic mass is 32.2. The second-order valence-electron chi connectivity index (χ2n) is 11.7. The molecule has 42 heavy (non-hydrogen) atoms. The number of aliphatic hydroxyl groups is 1. The molecule has 2 N–H and O–H groups in total. The van der Waals surface area contributed by atoms with Gasteiger partial charge < -0.3 is 14.7 Å². The molecule has 1 saturated heterocycles. The van der Waals surface area contributed by atoms with Crippen LogP contribution in [-0.4, -0.2) is 71.4 Å². The number of sulfonamides is 1. The monoisotopic (exact) mass is 609 g/mol. The minimum absolute atomic E-state index is 0.0470. The lowest BCUT2D eigenvalue weighted by atomic mass is 9.96. The first kappa shape index (κ1) is 30.1. The number of aliphatic hydroxyl groups excluding tert-OH is 1. The molecule has 1 aliphatic carbocycles. The van der Waals surface area contributed by atoms with Gasteiger partial charge in [0.25, 0.3) is 15.9 Å². The van der Waals surface area contributed by atoms with Crippen LogP contribution < -0.4 is 9.46 Å². The summed E-state index contributed by atoms with van der Waals surface area (Å²) in [5.41, 5.74) is -1.97. The number of halogens is 3. The van der Waals surface area contributed by atoms with E-state index in [2.05, 4.69) is 9.82 Å². The number of likely N-dealkylation sites (tertiary alicyclic amines) is 1. The van der Waals surface area contributed by atoms with E-state index >= 15 is 0 Å². The largest absolute Gasteiger partial charge is 0.477 e. The number of rotatable bonds is 9. The van der Waals surface area contributed by atoms with Crippen molar-refractivity contribution >= 4 is 21.8 Å². The Morgan fingerprint density at radius 2 is 1.88 bits per heavy atom. The summed E-state index contributed by atoms with van der Waals surface area (Å²) in [7, 11) is -4.13. The summed E-state index contributed by atoms with van der Waals surface area (Å²) in [4.78, 5) is 20.0. The Bertz CT molecular complexity index is 1500. The summed E-state index contributed by atoms with van der Waals surface area (Å²) in [6.45, 7) is 4.15. The predicted octanol–water partition coefficient (Wildman–Crippen LogP) is 3.84. The van der Waals surface area contributed by atoms with Crippen LogP contribution in [0.3, 0.4) is 0 Å². The summed E-state index contributed by atoms with van der Waals surface area (Å²) in [5, 5.41) is 14.2. The van der Waals surface area contributed by atoms with E-state index in [-0.39, 0.29) is 73.4 Å². The van der Waals surface area contributed by atoms with Gasteiger partial charge in [0.1, 0.15) is 11.7 Å². The van der Waals surface area contributed by atoms with Gasteiger partial charge in [0, 0.05) is 43.3 Å². The van der Waals surface area contributed by atoms with Crippen LogP contribution in [0.5, 0.6) is 5.88 Å². The molecule has 1 aromatic heterocycles. The number of aromatic nitrogens is 2. The number of hydrogen-bond acceptors (Lipinski definition) is 8. The molecule has 5 rings (SSSR count). The molecule has 2 aliphatic heterocycles. The summed E-state index contributed by atoms with van der Waals surface area (Å²) >= 11 is 0. The van der Waals surface area contributed by atoms with Crippen molar-refractivity contribution in [2.45, 2.75) is 69.0 Å². The number of carbonyl (C=O) groups is 1. The molecule has 1 unspecified atom stereocenters. The van der Waals surface area contributed by atoms with Gasteiger partial charge in [0.05, 0.1) is 22.5 Å². The van der Waals surface area contributed by atoms with Crippen LogP contribution >= 0.6 is 0 Å². The fourth-order valence-electron chi connectivity index (χ4n) is 5.63. The lowest BCUT2D eigenvalue weighted by Gasteiger charge is -2.36. The second kappa shape index (κ2) is 11.0. The van der Waals surface area contributed by atoms with Gasteiger partial charge in [-0.05, 0) is 58.1 Å². The fourth-order valence-corrected chi connectivity index (χ4v) is 6.63. The zero-order valence-corrected chi connectivity index (χ0v) is 24.2. The molecule has 1 saturated carbocycles. The number of ether oxygens (including phenoxy) is 1. The van der Waals surface area contributed by atoms with E-state index in [4.69, 9.17) is 9.73 Å². The normalized spacial score (nSPS) is 21.7. The van der Waals surface area contributed by atoms with E-state index < -0.39 is 33.1 Å². The number of aliphatic imine (C=N–C) groups is 1. The van der Waals surface area contributed by atoms with Crippen LogP contribution in [0.15, 0.2) is 63.9 Å². The zero-order chi connectivity index (χ0) is 30.3.